The van der Waals surface area contributed by atoms with Crippen molar-refractivity contribution < 1.29 is 32.4 Å². The van der Waals surface area contributed by atoms with E-state index in [1.165, 1.54) is 12.1 Å². The van der Waals surface area contributed by atoms with Gasteiger partial charge in [0.05, 0.1) is 4.92 Å². The molecule has 0 aliphatic carbocycles. The Hall–Kier alpha value is -3.83. The molecule has 3 amide bonds. The van der Waals surface area contributed by atoms with Crippen LogP contribution in [0.3, 0.4) is 0 Å². The maximum absolute atomic E-state index is 12.6. The van der Waals surface area contributed by atoms with Crippen molar-refractivity contribution in [3.8, 4) is 5.75 Å². The Kier molecular flexibility index (Phi) is 7.92. The minimum atomic E-state index is -4.60. The van der Waals surface area contributed by atoms with Crippen LogP contribution in [-0.2, 0) is 0 Å². The van der Waals surface area contributed by atoms with Crippen LogP contribution in [0.15, 0.2) is 42.5 Å². The highest BCUT2D eigenvalue weighted by atomic mass is 19.4. The Balaban J connectivity index is 1.67. The topological polar surface area (TPSA) is 114 Å². The number of likely N-dealkylation sites (tertiary alicyclic amines) is 1. The number of anilines is 2. The summed E-state index contributed by atoms with van der Waals surface area (Å²) in [6.45, 7) is -0.231. The van der Waals surface area contributed by atoms with Crippen LogP contribution >= 0.6 is 0 Å². The van der Waals surface area contributed by atoms with Gasteiger partial charge < -0.3 is 20.3 Å². The van der Waals surface area contributed by atoms with E-state index in [2.05, 4.69) is 15.4 Å². The number of nitrogens with one attached hydrogen (secondary N) is 2. The first kappa shape index (κ1) is 24.8. The van der Waals surface area contributed by atoms with Crippen LogP contribution in [0.25, 0.3) is 0 Å². The lowest BCUT2D eigenvalue weighted by Gasteiger charge is -2.20. The number of carbonyl (C=O) groups is 2. The van der Waals surface area contributed by atoms with E-state index >= 15 is 0 Å². The number of alkyl halides is 3. The van der Waals surface area contributed by atoms with Gasteiger partial charge in [0.2, 0.25) is 0 Å². The normalized spacial score (nSPS) is 14.1. The fourth-order valence-corrected chi connectivity index (χ4v) is 3.42. The van der Waals surface area contributed by atoms with Gasteiger partial charge in [0.15, 0.2) is 6.61 Å². The minimum absolute atomic E-state index is 0.218. The predicted molar refractivity (Wildman–Crippen MR) is 118 cm³/mol. The van der Waals surface area contributed by atoms with Gasteiger partial charge in [-0.2, -0.15) is 13.2 Å². The Morgan fingerprint density at radius 2 is 1.56 bits per heavy atom. The molecular formula is C22H23F3N4O5. The minimum Gasteiger partial charge on any atom is -0.484 e. The average Bonchev–Trinajstić information content (AvgIpc) is 3.08. The number of nitrogens with zero attached hydrogens (tertiary/aromatic N) is 2. The van der Waals surface area contributed by atoms with E-state index < -0.39 is 34.9 Å². The van der Waals surface area contributed by atoms with E-state index in [4.69, 9.17) is 0 Å². The summed E-state index contributed by atoms with van der Waals surface area (Å²) in [6, 6.07) is 8.66. The Morgan fingerprint density at radius 1 is 0.971 bits per heavy atom. The highest BCUT2D eigenvalue weighted by Crippen LogP contribution is 2.27. The standard InChI is InChI=1S/C22H23F3N4O5/c23-22(24,25)14-34-17-9-10-19(29(32)33)18(13-17)20(30)26-15-5-7-16(8-6-15)27-21(31)28-11-3-1-2-4-12-28/h5-10,13H,1-4,11-12,14H2,(H,26,30)(H,27,31). The lowest BCUT2D eigenvalue weighted by atomic mass is 10.1. The molecule has 34 heavy (non-hydrogen) atoms. The summed E-state index contributed by atoms with van der Waals surface area (Å²) in [5.74, 6) is -1.23. The lowest BCUT2D eigenvalue weighted by molar-refractivity contribution is -0.385. The molecule has 2 aromatic carbocycles. The number of urea groups is 1. The van der Waals surface area contributed by atoms with Crippen LogP contribution in [0.4, 0.5) is 35.0 Å². The summed E-state index contributed by atoms with van der Waals surface area (Å²) < 4.78 is 41.8. The fraction of sp³-hybridized carbons (Fsp3) is 0.364. The maximum Gasteiger partial charge on any atom is 0.422 e. The van der Waals surface area contributed by atoms with Crippen molar-refractivity contribution >= 4 is 29.0 Å². The summed E-state index contributed by atoms with van der Waals surface area (Å²) in [5, 5.41) is 16.5. The SMILES string of the molecule is O=C(Nc1ccc(NC(=O)N2CCCCCC2)cc1)c1cc(OCC(F)(F)F)ccc1[N+](=O)[O-]. The van der Waals surface area contributed by atoms with Gasteiger partial charge >= 0.3 is 12.2 Å². The van der Waals surface area contributed by atoms with E-state index in [-0.39, 0.29) is 17.5 Å². The molecule has 1 saturated heterocycles. The first-order valence-electron chi connectivity index (χ1n) is 10.6. The van der Waals surface area contributed by atoms with Gasteiger partial charge in [0.25, 0.3) is 11.6 Å². The van der Waals surface area contributed by atoms with E-state index in [1.807, 2.05) is 0 Å². The molecule has 0 spiro atoms. The molecule has 1 fully saturated rings. The van der Waals surface area contributed by atoms with Gasteiger partial charge in [0.1, 0.15) is 11.3 Å². The number of carbonyl (C=O) groups excluding carboxylic acids is 2. The van der Waals surface area contributed by atoms with Crippen LogP contribution in [0.5, 0.6) is 5.75 Å². The van der Waals surface area contributed by atoms with Gasteiger partial charge in [0, 0.05) is 30.5 Å². The first-order valence-corrected chi connectivity index (χ1v) is 10.6. The highest BCUT2D eigenvalue weighted by molar-refractivity contribution is 6.07. The summed E-state index contributed by atoms with van der Waals surface area (Å²) in [4.78, 5) is 37.2. The molecule has 9 nitrogen and oxygen atoms in total. The number of nitro groups is 1. The predicted octanol–water partition coefficient (Wildman–Crippen LogP) is 5.20. The summed E-state index contributed by atoms with van der Waals surface area (Å²) in [5.41, 5.74) is -0.268. The number of rotatable bonds is 6. The smallest absolute Gasteiger partial charge is 0.422 e. The molecule has 182 valence electrons. The number of ether oxygens (including phenoxy) is 1. The Labute approximate surface area is 193 Å². The number of amides is 3. The number of halogens is 3. The molecule has 2 N–H and O–H groups in total. The van der Waals surface area contributed by atoms with Crippen molar-refractivity contribution in [1.29, 1.82) is 0 Å². The zero-order chi connectivity index (χ0) is 24.7. The largest absolute Gasteiger partial charge is 0.484 e. The van der Waals surface area contributed by atoms with Crippen molar-refractivity contribution in [3.63, 3.8) is 0 Å². The van der Waals surface area contributed by atoms with Gasteiger partial charge in [-0.25, -0.2) is 4.79 Å². The van der Waals surface area contributed by atoms with Crippen LogP contribution in [0.1, 0.15) is 36.0 Å². The molecule has 1 aliphatic heterocycles. The molecule has 3 rings (SSSR count). The van der Waals surface area contributed by atoms with Crippen molar-refractivity contribution in [2.75, 3.05) is 30.3 Å². The molecule has 1 heterocycles. The third-order valence-corrected chi connectivity index (χ3v) is 5.10. The van der Waals surface area contributed by atoms with E-state index in [1.54, 1.807) is 17.0 Å². The average molecular weight is 480 g/mol. The van der Waals surface area contributed by atoms with Gasteiger partial charge in [-0.05, 0) is 49.2 Å². The van der Waals surface area contributed by atoms with Gasteiger partial charge in [-0.15, -0.1) is 0 Å². The third kappa shape index (κ3) is 7.09. The number of hydrogen-bond acceptors (Lipinski definition) is 5. The third-order valence-electron chi connectivity index (χ3n) is 5.10. The molecular weight excluding hydrogens is 457 g/mol. The van der Waals surface area contributed by atoms with Crippen LogP contribution in [0, 0.1) is 10.1 Å². The van der Waals surface area contributed by atoms with E-state index in [0.717, 1.165) is 43.9 Å². The maximum atomic E-state index is 12.6. The molecule has 1 aliphatic rings. The number of hydrogen-bond donors (Lipinski definition) is 2. The molecule has 0 bridgehead atoms. The van der Waals surface area contributed by atoms with Crippen LogP contribution in [-0.4, -0.2) is 47.6 Å². The first-order chi connectivity index (χ1) is 16.1. The number of benzene rings is 2. The molecule has 0 unspecified atom stereocenters. The summed E-state index contributed by atoms with van der Waals surface area (Å²) in [7, 11) is 0. The second kappa shape index (κ2) is 10.9. The Morgan fingerprint density at radius 3 is 2.12 bits per heavy atom. The van der Waals surface area contributed by atoms with E-state index in [0.29, 0.717) is 18.8 Å². The molecule has 0 saturated carbocycles. The van der Waals surface area contributed by atoms with Crippen molar-refractivity contribution in [1.82, 2.24) is 4.90 Å². The second-order valence-electron chi connectivity index (χ2n) is 7.70. The van der Waals surface area contributed by atoms with Crippen LogP contribution < -0.4 is 15.4 Å². The molecule has 0 aromatic heterocycles. The quantitative estimate of drug-likeness (QED) is 0.436. The zero-order valence-electron chi connectivity index (χ0n) is 18.1. The van der Waals surface area contributed by atoms with Crippen LogP contribution in [0.2, 0.25) is 0 Å². The van der Waals surface area contributed by atoms with Crippen molar-refractivity contribution in [2.45, 2.75) is 31.9 Å². The lowest BCUT2D eigenvalue weighted by Crippen LogP contribution is -2.35. The fourth-order valence-electron chi connectivity index (χ4n) is 3.42. The Bertz CT molecular complexity index is 1040. The van der Waals surface area contributed by atoms with Crippen molar-refractivity contribution in [2.24, 2.45) is 0 Å². The zero-order valence-corrected chi connectivity index (χ0v) is 18.1. The molecule has 0 atom stereocenters. The highest BCUT2D eigenvalue weighted by Gasteiger charge is 2.29. The number of nitro benzene ring substituents is 1. The van der Waals surface area contributed by atoms with E-state index in [9.17, 15) is 32.9 Å². The second-order valence-corrected chi connectivity index (χ2v) is 7.70. The summed E-state index contributed by atoms with van der Waals surface area (Å²) in [6.07, 6.45) is -0.518. The summed E-state index contributed by atoms with van der Waals surface area (Å²) >= 11 is 0. The molecule has 2 aromatic rings. The molecule has 12 heteroatoms. The van der Waals surface area contributed by atoms with Gasteiger partial charge in [-0.3, -0.25) is 14.9 Å². The molecule has 0 radical (unpaired) electrons. The van der Waals surface area contributed by atoms with Gasteiger partial charge in [-0.1, -0.05) is 12.8 Å². The monoisotopic (exact) mass is 480 g/mol. The van der Waals surface area contributed by atoms with Crippen molar-refractivity contribution in [3.05, 3.63) is 58.1 Å².